The van der Waals surface area contributed by atoms with Gasteiger partial charge in [0.05, 0.1) is 0 Å². The maximum atomic E-state index is 4.92. The SMILES string of the molecule is CCN1CCCC1CNC(=NCc1nnc(C)n1C)N1CCC(C)(C)C1.I. The molecule has 2 aliphatic rings. The van der Waals surface area contributed by atoms with Crippen LogP contribution in [-0.4, -0.2) is 69.3 Å². The van der Waals surface area contributed by atoms with E-state index in [1.54, 1.807) is 0 Å². The number of rotatable bonds is 5. The molecule has 1 aromatic rings. The lowest BCUT2D eigenvalue weighted by Crippen LogP contribution is -2.46. The molecule has 0 radical (unpaired) electrons. The molecular weight excluding hydrogens is 453 g/mol. The number of hydrogen-bond donors (Lipinski definition) is 1. The fourth-order valence-electron chi connectivity index (χ4n) is 4.05. The van der Waals surface area contributed by atoms with E-state index in [-0.39, 0.29) is 24.0 Å². The van der Waals surface area contributed by atoms with Gasteiger partial charge >= 0.3 is 0 Å². The lowest BCUT2D eigenvalue weighted by molar-refractivity contribution is 0.264. The first-order chi connectivity index (χ1) is 12.4. The predicted octanol–water partition coefficient (Wildman–Crippen LogP) is 2.40. The molecule has 0 saturated carbocycles. The molecule has 3 heterocycles. The van der Waals surface area contributed by atoms with Crippen LogP contribution in [0.15, 0.2) is 4.99 Å². The Morgan fingerprint density at radius 3 is 2.67 bits per heavy atom. The summed E-state index contributed by atoms with van der Waals surface area (Å²) < 4.78 is 2.02. The smallest absolute Gasteiger partial charge is 0.194 e. The number of guanidine groups is 1. The first kappa shape index (κ1) is 22.4. The highest BCUT2D eigenvalue weighted by Gasteiger charge is 2.32. The molecule has 3 rings (SSSR count). The number of nitrogens with zero attached hydrogens (tertiary/aromatic N) is 6. The standard InChI is InChI=1S/C19H35N7.HI/c1-6-25-10-7-8-16(25)12-20-18(26-11-9-19(3,4)14-26)21-13-17-23-22-15(2)24(17)5;/h16H,6-14H2,1-5H3,(H,20,21);1H. The fourth-order valence-corrected chi connectivity index (χ4v) is 4.05. The monoisotopic (exact) mass is 489 g/mol. The van der Waals surface area contributed by atoms with Crippen molar-refractivity contribution in [1.82, 2.24) is 29.9 Å². The second kappa shape index (κ2) is 9.54. The van der Waals surface area contributed by atoms with Crippen molar-refractivity contribution in [2.24, 2.45) is 17.5 Å². The van der Waals surface area contributed by atoms with Gasteiger partial charge in [0.25, 0.3) is 0 Å². The molecule has 0 aromatic carbocycles. The molecule has 1 aromatic heterocycles. The Hall–Kier alpha value is -0.900. The summed E-state index contributed by atoms with van der Waals surface area (Å²) in [4.78, 5) is 9.90. The Bertz CT molecular complexity index is 640. The van der Waals surface area contributed by atoms with Crippen LogP contribution in [0.3, 0.4) is 0 Å². The lowest BCUT2D eigenvalue weighted by atomic mass is 9.93. The lowest BCUT2D eigenvalue weighted by Gasteiger charge is -2.28. The van der Waals surface area contributed by atoms with E-state index in [1.807, 2.05) is 18.5 Å². The molecule has 0 spiro atoms. The number of nitrogens with one attached hydrogen (secondary N) is 1. The minimum Gasteiger partial charge on any atom is -0.355 e. The third-order valence-electron chi connectivity index (χ3n) is 5.93. The van der Waals surface area contributed by atoms with Crippen molar-refractivity contribution >= 4 is 29.9 Å². The van der Waals surface area contributed by atoms with Gasteiger partial charge in [-0.05, 0) is 44.7 Å². The molecule has 2 aliphatic heterocycles. The normalized spacial score (nSPS) is 22.9. The third-order valence-corrected chi connectivity index (χ3v) is 5.93. The number of halogens is 1. The Kier molecular flexibility index (Phi) is 7.91. The molecule has 0 bridgehead atoms. The Morgan fingerprint density at radius 2 is 2.07 bits per heavy atom. The van der Waals surface area contributed by atoms with E-state index in [1.165, 1.54) is 25.8 Å². The Balaban J connectivity index is 0.00000261. The number of aromatic nitrogens is 3. The molecule has 7 nitrogen and oxygen atoms in total. The van der Waals surface area contributed by atoms with Crippen LogP contribution in [0, 0.1) is 12.3 Å². The summed E-state index contributed by atoms with van der Waals surface area (Å²) in [6.45, 7) is 14.9. The van der Waals surface area contributed by atoms with Gasteiger partial charge < -0.3 is 14.8 Å². The minimum absolute atomic E-state index is 0. The van der Waals surface area contributed by atoms with Crippen molar-refractivity contribution in [3.05, 3.63) is 11.6 Å². The highest BCUT2D eigenvalue weighted by Crippen LogP contribution is 2.28. The summed E-state index contributed by atoms with van der Waals surface area (Å²) in [5, 5.41) is 12.1. The topological polar surface area (TPSA) is 61.6 Å². The predicted molar refractivity (Wildman–Crippen MR) is 121 cm³/mol. The quantitative estimate of drug-likeness (QED) is 0.391. The summed E-state index contributed by atoms with van der Waals surface area (Å²) in [5.74, 6) is 2.87. The number of likely N-dealkylation sites (N-methyl/N-ethyl adjacent to an activating group) is 1. The zero-order valence-electron chi connectivity index (χ0n) is 17.5. The van der Waals surface area contributed by atoms with Crippen LogP contribution in [0.4, 0.5) is 0 Å². The van der Waals surface area contributed by atoms with E-state index in [9.17, 15) is 0 Å². The van der Waals surface area contributed by atoms with Crippen LogP contribution >= 0.6 is 24.0 Å². The summed E-state index contributed by atoms with van der Waals surface area (Å²) in [7, 11) is 2.00. The molecule has 0 aliphatic carbocycles. The molecule has 2 fully saturated rings. The molecule has 154 valence electrons. The summed E-state index contributed by atoms with van der Waals surface area (Å²) in [6, 6.07) is 0.623. The van der Waals surface area contributed by atoms with Gasteiger partial charge in [0, 0.05) is 32.7 Å². The molecular formula is C19H36IN7. The van der Waals surface area contributed by atoms with Crippen LogP contribution in [0.2, 0.25) is 0 Å². The van der Waals surface area contributed by atoms with E-state index in [0.29, 0.717) is 18.0 Å². The van der Waals surface area contributed by atoms with Gasteiger partial charge in [0.1, 0.15) is 12.4 Å². The van der Waals surface area contributed by atoms with Crippen molar-refractivity contribution in [3.8, 4) is 0 Å². The minimum atomic E-state index is 0. The second-order valence-corrected chi connectivity index (χ2v) is 8.50. The summed E-state index contributed by atoms with van der Waals surface area (Å²) in [6.07, 6.45) is 3.80. The van der Waals surface area contributed by atoms with Gasteiger partial charge in [-0.2, -0.15) is 0 Å². The largest absolute Gasteiger partial charge is 0.355 e. The van der Waals surface area contributed by atoms with Crippen LogP contribution < -0.4 is 5.32 Å². The van der Waals surface area contributed by atoms with Crippen LogP contribution in [0.25, 0.3) is 0 Å². The average Bonchev–Trinajstić information content (AvgIpc) is 3.29. The fraction of sp³-hybridized carbons (Fsp3) is 0.842. The molecule has 2 saturated heterocycles. The molecule has 27 heavy (non-hydrogen) atoms. The van der Waals surface area contributed by atoms with Gasteiger partial charge in [-0.1, -0.05) is 20.8 Å². The highest BCUT2D eigenvalue weighted by atomic mass is 127. The van der Waals surface area contributed by atoms with Crippen molar-refractivity contribution in [2.45, 2.75) is 59.5 Å². The van der Waals surface area contributed by atoms with Crippen LogP contribution in [-0.2, 0) is 13.6 Å². The third kappa shape index (κ3) is 5.56. The summed E-state index contributed by atoms with van der Waals surface area (Å²) >= 11 is 0. The van der Waals surface area contributed by atoms with Gasteiger partial charge in [-0.25, -0.2) is 4.99 Å². The van der Waals surface area contributed by atoms with Crippen molar-refractivity contribution in [1.29, 1.82) is 0 Å². The van der Waals surface area contributed by atoms with E-state index >= 15 is 0 Å². The first-order valence-electron chi connectivity index (χ1n) is 10.0. The average molecular weight is 489 g/mol. The zero-order valence-corrected chi connectivity index (χ0v) is 19.9. The van der Waals surface area contributed by atoms with Crippen LogP contribution in [0.5, 0.6) is 0 Å². The number of aliphatic imine (C=N–C) groups is 1. The molecule has 1 unspecified atom stereocenters. The maximum Gasteiger partial charge on any atom is 0.194 e. The second-order valence-electron chi connectivity index (χ2n) is 8.50. The number of likely N-dealkylation sites (tertiary alicyclic amines) is 2. The number of aryl methyl sites for hydroxylation is 1. The van der Waals surface area contributed by atoms with E-state index in [2.05, 4.69) is 46.1 Å². The Labute approximate surface area is 181 Å². The van der Waals surface area contributed by atoms with E-state index in [4.69, 9.17) is 4.99 Å². The first-order valence-corrected chi connectivity index (χ1v) is 10.0. The molecule has 1 atom stereocenters. The molecule has 1 N–H and O–H groups in total. The summed E-state index contributed by atoms with van der Waals surface area (Å²) in [5.41, 5.74) is 0.354. The van der Waals surface area contributed by atoms with Crippen LogP contribution in [0.1, 0.15) is 51.7 Å². The van der Waals surface area contributed by atoms with E-state index < -0.39 is 0 Å². The Morgan fingerprint density at radius 1 is 1.30 bits per heavy atom. The van der Waals surface area contributed by atoms with Crippen molar-refractivity contribution < 1.29 is 0 Å². The van der Waals surface area contributed by atoms with Gasteiger partial charge in [0.15, 0.2) is 11.8 Å². The zero-order chi connectivity index (χ0) is 18.7. The van der Waals surface area contributed by atoms with Gasteiger partial charge in [-0.3, -0.25) is 4.90 Å². The maximum absolute atomic E-state index is 4.92. The highest BCUT2D eigenvalue weighted by molar-refractivity contribution is 14.0. The van der Waals surface area contributed by atoms with Gasteiger partial charge in [-0.15, -0.1) is 34.2 Å². The number of hydrogen-bond acceptors (Lipinski definition) is 4. The van der Waals surface area contributed by atoms with E-state index in [0.717, 1.165) is 43.8 Å². The molecule has 0 amide bonds. The molecule has 8 heteroatoms. The van der Waals surface area contributed by atoms with Crippen molar-refractivity contribution in [2.75, 3.05) is 32.7 Å². The van der Waals surface area contributed by atoms with Crippen molar-refractivity contribution in [3.63, 3.8) is 0 Å². The van der Waals surface area contributed by atoms with Gasteiger partial charge in [0.2, 0.25) is 0 Å².